The highest BCUT2D eigenvalue weighted by atomic mass is 35.5. The van der Waals surface area contributed by atoms with Crippen LogP contribution in [0.1, 0.15) is 24.2 Å². The second-order valence-corrected chi connectivity index (χ2v) is 11.8. The average molecular weight is 611 g/mol. The van der Waals surface area contributed by atoms with Gasteiger partial charge in [-0.1, -0.05) is 53.5 Å². The number of esters is 1. The van der Waals surface area contributed by atoms with Crippen LogP contribution in [0.25, 0.3) is 21.8 Å². The summed E-state index contributed by atoms with van der Waals surface area (Å²) in [6.45, 7) is 4.31. The van der Waals surface area contributed by atoms with E-state index in [2.05, 4.69) is 27.6 Å². The minimum atomic E-state index is -4.20. The van der Waals surface area contributed by atoms with Crippen LogP contribution >= 0.6 is 23.2 Å². The summed E-state index contributed by atoms with van der Waals surface area (Å²) in [5, 5.41) is 5.00. The van der Waals surface area contributed by atoms with Gasteiger partial charge in [-0.2, -0.15) is 0 Å². The van der Waals surface area contributed by atoms with Crippen LogP contribution in [0.3, 0.4) is 0 Å². The fraction of sp³-hybridized carbons (Fsp3) is 0.133. The van der Waals surface area contributed by atoms with Gasteiger partial charge in [-0.25, -0.2) is 13.2 Å². The average Bonchev–Trinajstić information content (AvgIpc) is 3.27. The number of nitrogens with one attached hydrogen (secondary N) is 2. The lowest BCUT2D eigenvalue weighted by molar-refractivity contribution is -0.123. The molecule has 0 unspecified atom stereocenters. The molecule has 0 aliphatic heterocycles. The molecule has 8 nitrogen and oxygen atoms in total. The summed E-state index contributed by atoms with van der Waals surface area (Å²) < 4.78 is 36.0. The van der Waals surface area contributed by atoms with E-state index in [0.717, 1.165) is 28.4 Å². The van der Waals surface area contributed by atoms with E-state index in [4.69, 9.17) is 27.9 Å². The highest BCUT2D eigenvalue weighted by molar-refractivity contribution is 7.92. The number of benzene rings is 4. The predicted octanol–water partition coefficient (Wildman–Crippen LogP) is 7.11. The first kappa shape index (κ1) is 28.5. The quantitative estimate of drug-likeness (QED) is 0.182. The van der Waals surface area contributed by atoms with Gasteiger partial charge in [0.25, 0.3) is 15.9 Å². The van der Waals surface area contributed by atoms with Crippen LogP contribution in [-0.2, 0) is 26.1 Å². The molecule has 2 N–H and O–H groups in total. The van der Waals surface area contributed by atoms with Crippen molar-refractivity contribution in [1.82, 2.24) is 4.57 Å². The highest BCUT2D eigenvalue weighted by Crippen LogP contribution is 2.31. The van der Waals surface area contributed by atoms with Crippen molar-refractivity contribution in [2.75, 3.05) is 10.0 Å². The molecular formula is C30H25Cl2N3O5S. The summed E-state index contributed by atoms with van der Waals surface area (Å²) in [7, 11) is -4.20. The Morgan fingerprint density at radius 2 is 1.61 bits per heavy atom. The molecule has 1 amide bonds. The van der Waals surface area contributed by atoms with Crippen LogP contribution in [0, 0.1) is 0 Å². The maximum absolute atomic E-state index is 13.0. The van der Waals surface area contributed by atoms with E-state index in [-0.39, 0.29) is 26.2 Å². The lowest BCUT2D eigenvalue weighted by Gasteiger charge is -2.16. The maximum atomic E-state index is 13.0. The zero-order chi connectivity index (χ0) is 29.3. The first-order chi connectivity index (χ1) is 19.6. The van der Waals surface area contributed by atoms with Gasteiger partial charge >= 0.3 is 5.97 Å². The van der Waals surface area contributed by atoms with E-state index in [1.807, 2.05) is 30.3 Å². The predicted molar refractivity (Wildman–Crippen MR) is 162 cm³/mol. The summed E-state index contributed by atoms with van der Waals surface area (Å²) in [5.41, 5.74) is 2.57. The van der Waals surface area contributed by atoms with Gasteiger partial charge in [0.1, 0.15) is 4.90 Å². The van der Waals surface area contributed by atoms with Crippen LogP contribution < -0.4 is 10.0 Å². The number of rotatable bonds is 8. The number of aromatic nitrogens is 1. The lowest BCUT2D eigenvalue weighted by atomic mass is 10.1. The molecule has 1 aromatic heterocycles. The van der Waals surface area contributed by atoms with E-state index < -0.39 is 28.0 Å². The first-order valence-corrected chi connectivity index (χ1v) is 14.9. The van der Waals surface area contributed by atoms with Crippen LogP contribution in [0.4, 0.5) is 11.4 Å². The number of aryl methyl sites for hydroxylation is 1. The van der Waals surface area contributed by atoms with Gasteiger partial charge in [-0.05, 0) is 68.4 Å². The molecule has 0 saturated carbocycles. The van der Waals surface area contributed by atoms with E-state index in [0.29, 0.717) is 5.69 Å². The molecule has 1 heterocycles. The number of anilines is 2. The highest BCUT2D eigenvalue weighted by Gasteiger charge is 2.25. The van der Waals surface area contributed by atoms with E-state index in [9.17, 15) is 18.0 Å². The van der Waals surface area contributed by atoms with Gasteiger partial charge in [0.2, 0.25) is 0 Å². The van der Waals surface area contributed by atoms with Crippen molar-refractivity contribution in [2.45, 2.75) is 31.4 Å². The third-order valence-corrected chi connectivity index (χ3v) is 8.67. The summed E-state index contributed by atoms with van der Waals surface area (Å²) in [6.07, 6.45) is -1.18. The second kappa shape index (κ2) is 11.4. The number of para-hydroxylation sites is 2. The van der Waals surface area contributed by atoms with Crippen LogP contribution in [0.15, 0.2) is 89.8 Å². The fourth-order valence-corrected chi connectivity index (χ4v) is 6.47. The molecule has 0 fully saturated rings. The minimum absolute atomic E-state index is 0.0373. The molecule has 11 heteroatoms. The Hall–Kier alpha value is -4.05. The summed E-state index contributed by atoms with van der Waals surface area (Å²) in [4.78, 5) is 25.8. The number of ether oxygens (including phenoxy) is 1. The largest absolute Gasteiger partial charge is 0.449 e. The van der Waals surface area contributed by atoms with E-state index >= 15 is 0 Å². The third kappa shape index (κ3) is 5.74. The molecule has 1 atom stereocenters. The van der Waals surface area contributed by atoms with Crippen molar-refractivity contribution in [1.29, 1.82) is 0 Å². The Morgan fingerprint density at radius 1 is 0.902 bits per heavy atom. The minimum Gasteiger partial charge on any atom is -0.449 e. The lowest BCUT2D eigenvalue weighted by Crippen LogP contribution is -2.30. The van der Waals surface area contributed by atoms with Gasteiger partial charge < -0.3 is 14.6 Å². The van der Waals surface area contributed by atoms with Gasteiger partial charge in [0.15, 0.2) is 6.10 Å². The summed E-state index contributed by atoms with van der Waals surface area (Å²) in [6, 6.07) is 23.6. The number of sulfonamides is 1. The number of carbonyl (C=O) groups excluding carboxylic acids is 2. The van der Waals surface area contributed by atoms with Crippen molar-refractivity contribution in [2.24, 2.45) is 0 Å². The van der Waals surface area contributed by atoms with Gasteiger partial charge in [-0.15, -0.1) is 0 Å². The monoisotopic (exact) mass is 609 g/mol. The molecule has 0 aliphatic carbocycles. The standard InChI is InChI=1S/C30H25Cl2N3O5S/c1-3-35-26-11-7-5-8-21(26)23-17-20(13-15-27(23)35)33-29(36)18(2)40-30(37)22-9-4-6-10-25(22)34-41(38,39)28-16-19(31)12-14-24(28)32/h4-18,34H,3H2,1-2H3,(H,33,36)/t18-/m1/s1. The molecule has 4 aromatic carbocycles. The molecular weight excluding hydrogens is 585 g/mol. The zero-order valence-electron chi connectivity index (χ0n) is 22.0. The van der Waals surface area contributed by atoms with Crippen molar-refractivity contribution in [3.05, 3.63) is 101 Å². The number of nitrogens with zero attached hydrogens (tertiary/aromatic N) is 1. The number of halogens is 2. The maximum Gasteiger partial charge on any atom is 0.341 e. The molecule has 41 heavy (non-hydrogen) atoms. The van der Waals surface area contributed by atoms with Crippen LogP contribution in [0.5, 0.6) is 0 Å². The van der Waals surface area contributed by atoms with Gasteiger partial charge in [0, 0.05) is 39.1 Å². The molecule has 210 valence electrons. The fourth-order valence-electron chi connectivity index (χ4n) is 4.63. The molecule has 5 rings (SSSR count). The smallest absolute Gasteiger partial charge is 0.341 e. The Labute approximate surface area is 246 Å². The third-order valence-electron chi connectivity index (χ3n) is 6.58. The first-order valence-electron chi connectivity index (χ1n) is 12.7. The zero-order valence-corrected chi connectivity index (χ0v) is 24.3. The SMILES string of the molecule is CCn1c2ccccc2c2cc(NC(=O)[C@@H](C)OC(=O)c3ccccc3NS(=O)(=O)c3cc(Cl)ccc3Cl)ccc21. The van der Waals surface area contributed by atoms with E-state index in [1.54, 1.807) is 18.2 Å². The normalized spacial score (nSPS) is 12.3. The molecule has 5 aromatic rings. The molecule has 0 radical (unpaired) electrons. The number of fused-ring (bicyclic) bond motifs is 3. The van der Waals surface area contributed by atoms with Crippen molar-refractivity contribution >= 4 is 78.3 Å². The topological polar surface area (TPSA) is 106 Å². The van der Waals surface area contributed by atoms with Crippen molar-refractivity contribution in [3.63, 3.8) is 0 Å². The Morgan fingerprint density at radius 3 is 2.39 bits per heavy atom. The summed E-state index contributed by atoms with van der Waals surface area (Å²) >= 11 is 12.0. The van der Waals surface area contributed by atoms with Gasteiger partial charge in [0.05, 0.1) is 16.3 Å². The van der Waals surface area contributed by atoms with Gasteiger partial charge in [-0.3, -0.25) is 9.52 Å². The number of hydrogen-bond acceptors (Lipinski definition) is 5. The number of hydrogen-bond donors (Lipinski definition) is 2. The Bertz CT molecular complexity index is 1920. The Balaban J connectivity index is 1.33. The molecule has 0 spiro atoms. The van der Waals surface area contributed by atoms with Crippen LogP contribution in [0.2, 0.25) is 10.0 Å². The van der Waals surface area contributed by atoms with Crippen molar-refractivity contribution in [3.8, 4) is 0 Å². The van der Waals surface area contributed by atoms with E-state index in [1.165, 1.54) is 37.3 Å². The second-order valence-electron chi connectivity index (χ2n) is 9.26. The number of carbonyl (C=O) groups is 2. The van der Waals surface area contributed by atoms with Crippen molar-refractivity contribution < 1.29 is 22.7 Å². The molecule has 0 aliphatic rings. The Kier molecular flexibility index (Phi) is 7.95. The van der Waals surface area contributed by atoms with Crippen LogP contribution in [-0.4, -0.2) is 31.0 Å². The summed E-state index contributed by atoms with van der Waals surface area (Å²) in [5.74, 6) is -1.43. The molecule has 0 saturated heterocycles. The number of amides is 1. The molecule has 0 bridgehead atoms.